The Hall–Kier alpha value is -2.29. The zero-order valence-electron chi connectivity index (χ0n) is 9.21. The zero-order chi connectivity index (χ0) is 14.0. The normalized spacial score (nSPS) is 10.2. The number of benzene rings is 1. The first-order chi connectivity index (χ1) is 9.00. The van der Waals surface area contributed by atoms with E-state index in [0.717, 1.165) is 18.5 Å². The number of nitrogens with zero attached hydrogens (tertiary/aromatic N) is 3. The molecule has 1 aromatic heterocycles. The fourth-order valence-electron chi connectivity index (χ4n) is 1.28. The minimum absolute atomic E-state index is 0.0731. The topological polar surface area (TPSA) is 104 Å². The molecule has 7 nitrogen and oxygen atoms in total. The molecule has 0 fully saturated rings. The summed E-state index contributed by atoms with van der Waals surface area (Å²) in [5.74, 6) is -1.45. The highest BCUT2D eigenvalue weighted by molar-refractivity contribution is 9.10. The largest absolute Gasteiger partial charge is 0.427 e. The Morgan fingerprint density at radius 3 is 2.84 bits per heavy atom. The molecule has 0 atom stereocenters. The van der Waals surface area contributed by atoms with Crippen molar-refractivity contribution >= 4 is 27.4 Å². The Morgan fingerprint density at radius 2 is 2.16 bits per heavy atom. The van der Waals surface area contributed by atoms with Crippen LogP contribution in [0.4, 0.5) is 15.9 Å². The van der Waals surface area contributed by atoms with Crippen LogP contribution in [0.2, 0.25) is 0 Å². The predicted molar refractivity (Wildman–Crippen MR) is 67.3 cm³/mol. The van der Waals surface area contributed by atoms with Crippen LogP contribution in [-0.2, 0) is 0 Å². The van der Waals surface area contributed by atoms with Crippen LogP contribution in [0.25, 0.3) is 0 Å². The van der Waals surface area contributed by atoms with Gasteiger partial charge in [-0.25, -0.2) is 14.4 Å². The SMILES string of the molecule is Nc1ncnc(Oc2c(F)cccc2[N+](=O)[O-])c1Br. The first-order valence-corrected chi connectivity index (χ1v) is 5.66. The predicted octanol–water partition coefficient (Wildman–Crippen LogP) is 2.66. The van der Waals surface area contributed by atoms with Gasteiger partial charge < -0.3 is 10.5 Å². The van der Waals surface area contributed by atoms with Gasteiger partial charge in [-0.05, 0) is 22.0 Å². The Morgan fingerprint density at radius 1 is 1.42 bits per heavy atom. The summed E-state index contributed by atoms with van der Waals surface area (Å²) in [7, 11) is 0. The van der Waals surface area contributed by atoms with E-state index in [0.29, 0.717) is 0 Å². The van der Waals surface area contributed by atoms with Gasteiger partial charge in [-0.2, -0.15) is 0 Å². The molecule has 19 heavy (non-hydrogen) atoms. The molecule has 2 aromatic rings. The number of nitro benzene ring substituents is 1. The molecule has 0 saturated heterocycles. The standard InChI is InChI=1S/C10H6BrFN4O3/c11-7-9(13)14-4-15-10(7)19-8-5(12)2-1-3-6(8)16(17)18/h1-4H,(H2,13,14,15). The van der Waals surface area contributed by atoms with Crippen LogP contribution in [-0.4, -0.2) is 14.9 Å². The van der Waals surface area contributed by atoms with E-state index in [9.17, 15) is 14.5 Å². The number of nitrogens with two attached hydrogens (primary N) is 1. The maximum absolute atomic E-state index is 13.6. The molecule has 0 aliphatic heterocycles. The molecule has 0 amide bonds. The summed E-state index contributed by atoms with van der Waals surface area (Å²) in [5, 5.41) is 10.8. The summed E-state index contributed by atoms with van der Waals surface area (Å²) >= 11 is 3.06. The number of aromatic nitrogens is 2. The van der Waals surface area contributed by atoms with Gasteiger partial charge in [0.05, 0.1) is 4.92 Å². The van der Waals surface area contributed by atoms with Gasteiger partial charge in [0.25, 0.3) is 0 Å². The molecule has 2 rings (SSSR count). The number of ether oxygens (including phenoxy) is 1. The molecule has 98 valence electrons. The van der Waals surface area contributed by atoms with Crippen LogP contribution < -0.4 is 10.5 Å². The van der Waals surface area contributed by atoms with Crippen molar-refractivity contribution in [3.8, 4) is 11.6 Å². The van der Waals surface area contributed by atoms with Gasteiger partial charge in [0.1, 0.15) is 16.6 Å². The smallest absolute Gasteiger partial charge is 0.314 e. The van der Waals surface area contributed by atoms with E-state index < -0.39 is 22.2 Å². The Balaban J connectivity index is 2.49. The number of nitro groups is 1. The molecule has 0 aliphatic carbocycles. The fraction of sp³-hybridized carbons (Fsp3) is 0. The minimum atomic E-state index is -0.877. The Labute approximate surface area is 114 Å². The molecular formula is C10H6BrFN4O3. The maximum atomic E-state index is 13.6. The van der Waals surface area contributed by atoms with Crippen molar-refractivity contribution in [1.82, 2.24) is 9.97 Å². The first-order valence-electron chi connectivity index (χ1n) is 4.87. The number of anilines is 1. The third-order valence-electron chi connectivity index (χ3n) is 2.13. The number of hydrogen-bond donors (Lipinski definition) is 1. The second-order valence-electron chi connectivity index (χ2n) is 3.33. The molecule has 2 N–H and O–H groups in total. The summed E-state index contributed by atoms with van der Waals surface area (Å²) in [4.78, 5) is 17.5. The van der Waals surface area contributed by atoms with Crippen LogP contribution in [0.3, 0.4) is 0 Å². The summed E-state index contributed by atoms with van der Waals surface area (Å²) in [6.07, 6.45) is 1.10. The lowest BCUT2D eigenvalue weighted by atomic mass is 10.3. The van der Waals surface area contributed by atoms with Crippen molar-refractivity contribution < 1.29 is 14.1 Å². The van der Waals surface area contributed by atoms with Gasteiger partial charge in [0.2, 0.25) is 11.6 Å². The molecular weight excluding hydrogens is 323 g/mol. The monoisotopic (exact) mass is 328 g/mol. The van der Waals surface area contributed by atoms with E-state index in [2.05, 4.69) is 25.9 Å². The van der Waals surface area contributed by atoms with Crippen LogP contribution in [0.5, 0.6) is 11.6 Å². The lowest BCUT2D eigenvalue weighted by Gasteiger charge is -2.08. The van der Waals surface area contributed by atoms with E-state index in [1.165, 1.54) is 6.07 Å². The highest BCUT2D eigenvalue weighted by Gasteiger charge is 2.22. The van der Waals surface area contributed by atoms with Crippen molar-refractivity contribution in [2.75, 3.05) is 5.73 Å². The molecule has 0 radical (unpaired) electrons. The molecule has 0 aliphatic rings. The molecule has 0 spiro atoms. The molecule has 9 heteroatoms. The van der Waals surface area contributed by atoms with E-state index in [1.54, 1.807) is 0 Å². The van der Waals surface area contributed by atoms with Crippen LogP contribution in [0.1, 0.15) is 0 Å². The third kappa shape index (κ3) is 2.60. The van der Waals surface area contributed by atoms with Crippen LogP contribution in [0.15, 0.2) is 29.0 Å². The van der Waals surface area contributed by atoms with E-state index >= 15 is 0 Å². The van der Waals surface area contributed by atoms with E-state index in [-0.39, 0.29) is 16.2 Å². The highest BCUT2D eigenvalue weighted by Crippen LogP contribution is 2.36. The number of halogens is 2. The van der Waals surface area contributed by atoms with E-state index in [1.807, 2.05) is 0 Å². The Bertz CT molecular complexity index is 653. The van der Waals surface area contributed by atoms with Crippen molar-refractivity contribution in [1.29, 1.82) is 0 Å². The van der Waals surface area contributed by atoms with Crippen molar-refractivity contribution in [3.05, 3.63) is 44.9 Å². The summed E-state index contributed by atoms with van der Waals surface area (Å²) in [6, 6.07) is 3.38. The number of rotatable bonds is 3. The third-order valence-corrected chi connectivity index (χ3v) is 2.87. The van der Waals surface area contributed by atoms with Crippen LogP contribution in [0, 0.1) is 15.9 Å². The van der Waals surface area contributed by atoms with Crippen LogP contribution >= 0.6 is 15.9 Å². The molecule has 0 unspecified atom stereocenters. The van der Waals surface area contributed by atoms with Gasteiger partial charge in [0, 0.05) is 6.07 Å². The lowest BCUT2D eigenvalue weighted by molar-refractivity contribution is -0.385. The fourth-order valence-corrected chi connectivity index (χ4v) is 1.56. The van der Waals surface area contributed by atoms with Gasteiger partial charge in [-0.3, -0.25) is 10.1 Å². The zero-order valence-corrected chi connectivity index (χ0v) is 10.8. The van der Waals surface area contributed by atoms with Gasteiger partial charge in [-0.15, -0.1) is 0 Å². The molecule has 0 bridgehead atoms. The average Bonchev–Trinajstić information content (AvgIpc) is 2.36. The Kier molecular flexibility index (Phi) is 3.56. The molecule has 1 heterocycles. The minimum Gasteiger partial charge on any atom is -0.427 e. The van der Waals surface area contributed by atoms with E-state index in [4.69, 9.17) is 10.5 Å². The summed E-state index contributed by atoms with van der Waals surface area (Å²) in [6.45, 7) is 0. The number of hydrogen-bond acceptors (Lipinski definition) is 6. The second-order valence-corrected chi connectivity index (χ2v) is 4.12. The quantitative estimate of drug-likeness (QED) is 0.686. The number of para-hydroxylation sites is 1. The summed E-state index contributed by atoms with van der Waals surface area (Å²) < 4.78 is 18.9. The first kappa shape index (κ1) is 13.1. The molecule has 0 saturated carbocycles. The summed E-state index contributed by atoms with van der Waals surface area (Å²) in [5.41, 5.74) is 4.99. The molecule has 1 aromatic carbocycles. The average molecular weight is 329 g/mol. The number of nitrogen functional groups attached to an aromatic ring is 1. The maximum Gasteiger partial charge on any atom is 0.314 e. The van der Waals surface area contributed by atoms with Gasteiger partial charge in [0.15, 0.2) is 5.82 Å². The van der Waals surface area contributed by atoms with Crippen molar-refractivity contribution in [2.45, 2.75) is 0 Å². The van der Waals surface area contributed by atoms with Gasteiger partial charge >= 0.3 is 5.69 Å². The van der Waals surface area contributed by atoms with Gasteiger partial charge in [-0.1, -0.05) is 6.07 Å². The lowest BCUT2D eigenvalue weighted by Crippen LogP contribution is -2.00. The van der Waals surface area contributed by atoms with Crippen molar-refractivity contribution in [3.63, 3.8) is 0 Å². The highest BCUT2D eigenvalue weighted by atomic mass is 79.9. The van der Waals surface area contributed by atoms with Crippen molar-refractivity contribution in [2.24, 2.45) is 0 Å². The second kappa shape index (κ2) is 5.14.